The largest absolute Gasteiger partial charge is 0.327 e. The van der Waals surface area contributed by atoms with Gasteiger partial charge in [0, 0.05) is 11.7 Å². The summed E-state index contributed by atoms with van der Waals surface area (Å²) in [5.74, 6) is 1.24. The van der Waals surface area contributed by atoms with E-state index in [2.05, 4.69) is 37.6 Å². The van der Waals surface area contributed by atoms with Gasteiger partial charge < -0.3 is 9.88 Å². The van der Waals surface area contributed by atoms with Gasteiger partial charge in [0.05, 0.1) is 11.7 Å². The van der Waals surface area contributed by atoms with Gasteiger partial charge in [0.25, 0.3) is 0 Å². The molecule has 0 amide bonds. The van der Waals surface area contributed by atoms with Crippen LogP contribution in [0.15, 0.2) is 0 Å². The van der Waals surface area contributed by atoms with Crippen molar-refractivity contribution in [2.24, 2.45) is 5.41 Å². The Morgan fingerprint density at radius 3 is 2.76 bits per heavy atom. The number of hydrogen-bond acceptors (Lipinski definition) is 2. The first-order chi connectivity index (χ1) is 10.0. The number of likely N-dealkylation sites (N-methyl/N-ethyl adjacent to an activating group) is 1. The third kappa shape index (κ3) is 2.65. The smallest absolute Gasteiger partial charge is 0.106 e. The molecule has 0 radical (unpaired) electrons. The van der Waals surface area contributed by atoms with Crippen LogP contribution in [0.1, 0.15) is 76.1 Å². The molecule has 3 nitrogen and oxygen atoms in total. The Morgan fingerprint density at radius 2 is 2.00 bits per heavy atom. The summed E-state index contributed by atoms with van der Waals surface area (Å²) in [7, 11) is 0. The highest BCUT2D eigenvalue weighted by atomic mass is 15.2. The molecule has 118 valence electrons. The maximum Gasteiger partial charge on any atom is 0.106 e. The van der Waals surface area contributed by atoms with Crippen LogP contribution in [0.3, 0.4) is 0 Å². The number of imidazole rings is 1. The van der Waals surface area contributed by atoms with Crippen LogP contribution in [0.25, 0.3) is 0 Å². The van der Waals surface area contributed by atoms with E-state index in [-0.39, 0.29) is 0 Å². The van der Waals surface area contributed by atoms with Gasteiger partial charge in [-0.15, -0.1) is 0 Å². The minimum Gasteiger partial charge on any atom is -0.327 e. The maximum atomic E-state index is 4.90. The lowest BCUT2D eigenvalue weighted by atomic mass is 9.70. The van der Waals surface area contributed by atoms with Crippen molar-refractivity contribution in [3.8, 4) is 0 Å². The molecule has 3 heteroatoms. The molecule has 2 aliphatic rings. The number of fused-ring (bicyclic) bond motifs is 1. The Balaban J connectivity index is 1.99. The van der Waals surface area contributed by atoms with Gasteiger partial charge in [-0.25, -0.2) is 4.98 Å². The molecular weight excluding hydrogens is 258 g/mol. The van der Waals surface area contributed by atoms with E-state index in [1.54, 1.807) is 5.69 Å². The Kier molecular flexibility index (Phi) is 4.13. The third-order valence-corrected chi connectivity index (χ3v) is 5.65. The van der Waals surface area contributed by atoms with E-state index in [0.29, 0.717) is 17.5 Å². The average Bonchev–Trinajstić information content (AvgIpc) is 2.77. The molecule has 2 aliphatic carbocycles. The van der Waals surface area contributed by atoms with Gasteiger partial charge >= 0.3 is 0 Å². The standard InChI is InChI=1S/C18H31N3/c1-5-19-17-16(11-8-12-18(17,3)4)21-13(2)20-14-9-6-7-10-15(14)21/h16-17,19H,5-12H2,1-4H3. The van der Waals surface area contributed by atoms with Gasteiger partial charge in [0.15, 0.2) is 0 Å². The first-order valence-electron chi connectivity index (χ1n) is 8.84. The summed E-state index contributed by atoms with van der Waals surface area (Å²) < 4.78 is 2.61. The predicted molar refractivity (Wildman–Crippen MR) is 87.7 cm³/mol. The Bertz CT molecular complexity index is 501. The molecule has 1 fully saturated rings. The van der Waals surface area contributed by atoms with Crippen molar-refractivity contribution in [3.05, 3.63) is 17.2 Å². The molecule has 0 aliphatic heterocycles. The molecule has 0 bridgehead atoms. The number of aromatic nitrogens is 2. The zero-order chi connectivity index (χ0) is 15.0. The summed E-state index contributed by atoms with van der Waals surface area (Å²) >= 11 is 0. The van der Waals surface area contributed by atoms with Gasteiger partial charge in [0.2, 0.25) is 0 Å². The Labute approximate surface area is 129 Å². The minimum atomic E-state index is 0.372. The van der Waals surface area contributed by atoms with Gasteiger partial charge in [-0.1, -0.05) is 27.2 Å². The monoisotopic (exact) mass is 289 g/mol. The fraction of sp³-hybridized carbons (Fsp3) is 0.833. The third-order valence-electron chi connectivity index (χ3n) is 5.65. The van der Waals surface area contributed by atoms with Crippen molar-refractivity contribution in [2.75, 3.05) is 6.54 Å². The highest BCUT2D eigenvalue weighted by molar-refractivity contribution is 5.22. The Hall–Kier alpha value is -0.830. The average molecular weight is 289 g/mol. The lowest BCUT2D eigenvalue weighted by Gasteiger charge is -2.46. The molecule has 1 saturated carbocycles. The molecule has 1 aromatic rings. The normalized spacial score (nSPS) is 28.4. The molecular formula is C18H31N3. The van der Waals surface area contributed by atoms with E-state index < -0.39 is 0 Å². The van der Waals surface area contributed by atoms with Gasteiger partial charge in [-0.3, -0.25) is 0 Å². The second-order valence-corrected chi connectivity index (χ2v) is 7.61. The minimum absolute atomic E-state index is 0.372. The van der Waals surface area contributed by atoms with Crippen LogP contribution in [-0.4, -0.2) is 22.1 Å². The summed E-state index contributed by atoms with van der Waals surface area (Å²) in [6, 6.07) is 1.15. The van der Waals surface area contributed by atoms with Crippen LogP contribution in [0.5, 0.6) is 0 Å². The van der Waals surface area contributed by atoms with Crippen molar-refractivity contribution in [3.63, 3.8) is 0 Å². The quantitative estimate of drug-likeness (QED) is 0.917. The van der Waals surface area contributed by atoms with Crippen LogP contribution in [0.2, 0.25) is 0 Å². The molecule has 3 rings (SSSR count). The Morgan fingerprint density at radius 1 is 1.24 bits per heavy atom. The predicted octanol–water partition coefficient (Wildman–Crippen LogP) is 3.80. The fourth-order valence-corrected chi connectivity index (χ4v) is 4.66. The number of nitrogens with zero attached hydrogens (tertiary/aromatic N) is 2. The summed E-state index contributed by atoms with van der Waals surface area (Å²) in [4.78, 5) is 4.90. The number of nitrogens with one attached hydrogen (secondary N) is 1. The van der Waals surface area contributed by atoms with Crippen LogP contribution in [-0.2, 0) is 12.8 Å². The van der Waals surface area contributed by atoms with Crippen molar-refractivity contribution >= 4 is 0 Å². The molecule has 0 saturated heterocycles. The SMILES string of the molecule is CCNC1C(n2c(C)nc3c2CCCC3)CCCC1(C)C. The number of aryl methyl sites for hydroxylation is 2. The molecule has 21 heavy (non-hydrogen) atoms. The van der Waals surface area contributed by atoms with Gasteiger partial charge in [-0.05, 0) is 57.4 Å². The summed E-state index contributed by atoms with van der Waals surface area (Å²) in [5.41, 5.74) is 3.30. The van der Waals surface area contributed by atoms with Crippen molar-refractivity contribution in [1.29, 1.82) is 0 Å². The first kappa shape index (κ1) is 15.1. The van der Waals surface area contributed by atoms with Crippen LogP contribution < -0.4 is 5.32 Å². The van der Waals surface area contributed by atoms with E-state index in [1.807, 2.05) is 0 Å². The zero-order valence-corrected chi connectivity index (χ0v) is 14.2. The zero-order valence-electron chi connectivity index (χ0n) is 14.2. The topological polar surface area (TPSA) is 29.9 Å². The first-order valence-corrected chi connectivity index (χ1v) is 8.84. The lowest BCUT2D eigenvalue weighted by Crippen LogP contribution is -2.50. The van der Waals surface area contributed by atoms with E-state index in [4.69, 9.17) is 4.98 Å². The molecule has 1 aromatic heterocycles. The molecule has 0 spiro atoms. The molecule has 0 aromatic carbocycles. The van der Waals surface area contributed by atoms with Gasteiger partial charge in [0.1, 0.15) is 5.82 Å². The molecule has 1 N–H and O–H groups in total. The highest BCUT2D eigenvalue weighted by Crippen LogP contribution is 2.43. The van der Waals surface area contributed by atoms with E-state index in [1.165, 1.54) is 56.5 Å². The summed E-state index contributed by atoms with van der Waals surface area (Å²) in [5, 5.41) is 3.80. The number of rotatable bonds is 3. The van der Waals surface area contributed by atoms with Crippen LogP contribution in [0, 0.1) is 12.3 Å². The van der Waals surface area contributed by atoms with Gasteiger partial charge in [-0.2, -0.15) is 0 Å². The number of hydrogen-bond donors (Lipinski definition) is 1. The second kappa shape index (κ2) is 5.75. The van der Waals surface area contributed by atoms with Crippen molar-refractivity contribution in [2.45, 2.75) is 84.7 Å². The second-order valence-electron chi connectivity index (χ2n) is 7.61. The molecule has 1 heterocycles. The summed E-state index contributed by atoms with van der Waals surface area (Å²) in [6.07, 6.45) is 9.03. The highest BCUT2D eigenvalue weighted by Gasteiger charge is 2.40. The lowest BCUT2D eigenvalue weighted by molar-refractivity contribution is 0.111. The maximum absolute atomic E-state index is 4.90. The molecule has 2 unspecified atom stereocenters. The fourth-order valence-electron chi connectivity index (χ4n) is 4.66. The van der Waals surface area contributed by atoms with Crippen LogP contribution >= 0.6 is 0 Å². The summed E-state index contributed by atoms with van der Waals surface area (Å²) in [6.45, 7) is 10.4. The van der Waals surface area contributed by atoms with E-state index in [9.17, 15) is 0 Å². The van der Waals surface area contributed by atoms with E-state index in [0.717, 1.165) is 6.54 Å². The van der Waals surface area contributed by atoms with Crippen LogP contribution in [0.4, 0.5) is 0 Å². The van der Waals surface area contributed by atoms with Crippen molar-refractivity contribution in [1.82, 2.24) is 14.9 Å². The molecule has 2 atom stereocenters. The van der Waals surface area contributed by atoms with Crippen molar-refractivity contribution < 1.29 is 0 Å². The van der Waals surface area contributed by atoms with E-state index >= 15 is 0 Å².